The Morgan fingerprint density at radius 1 is 1.19 bits per heavy atom. The first-order valence-electron chi connectivity index (χ1n) is 7.95. The van der Waals surface area contributed by atoms with Gasteiger partial charge in [0, 0.05) is 23.6 Å². The average Bonchev–Trinajstić information content (AvgIpc) is 3.10. The summed E-state index contributed by atoms with van der Waals surface area (Å²) in [5.41, 5.74) is 2.23. The number of anilines is 2. The largest absolute Gasteiger partial charge is 0.322 e. The Morgan fingerprint density at radius 3 is 2.52 bits per heavy atom. The fraction of sp³-hybridized carbons (Fsp3) is 0.111. The highest BCUT2D eigenvalue weighted by atomic mass is 35.5. The molecule has 27 heavy (non-hydrogen) atoms. The van der Waals surface area contributed by atoms with Gasteiger partial charge in [0.25, 0.3) is 5.91 Å². The average molecular weight is 405 g/mol. The van der Waals surface area contributed by atoms with Crippen LogP contribution in [0, 0.1) is 0 Å². The summed E-state index contributed by atoms with van der Waals surface area (Å²) in [7, 11) is -3.43. The van der Waals surface area contributed by atoms with E-state index in [1.165, 1.54) is 12.1 Å². The van der Waals surface area contributed by atoms with Gasteiger partial charge in [-0.25, -0.2) is 8.42 Å². The zero-order chi connectivity index (χ0) is 19.4. The molecule has 3 aromatic rings. The molecular weight excluding hydrogens is 388 g/mol. The maximum absolute atomic E-state index is 12.4. The lowest BCUT2D eigenvalue weighted by molar-refractivity contribution is 0.102. The van der Waals surface area contributed by atoms with Crippen LogP contribution >= 0.6 is 11.6 Å². The van der Waals surface area contributed by atoms with Gasteiger partial charge in [0.15, 0.2) is 0 Å². The first-order chi connectivity index (χ1) is 12.8. The summed E-state index contributed by atoms with van der Waals surface area (Å²) < 4.78 is 26.7. The summed E-state index contributed by atoms with van der Waals surface area (Å²) >= 11 is 6.07. The number of hydrogen-bond acceptors (Lipinski definition) is 4. The number of sulfonamides is 1. The third-order valence-corrected chi connectivity index (χ3v) is 4.55. The van der Waals surface area contributed by atoms with Gasteiger partial charge in [-0.15, -0.1) is 0 Å². The van der Waals surface area contributed by atoms with Gasteiger partial charge in [-0.05, 0) is 42.0 Å². The lowest BCUT2D eigenvalue weighted by atomic mass is 10.1. The maximum atomic E-state index is 12.4. The van der Waals surface area contributed by atoms with Crippen LogP contribution in [-0.2, 0) is 16.6 Å². The summed E-state index contributed by atoms with van der Waals surface area (Å²) in [4.78, 5) is 12.4. The second-order valence-corrected chi connectivity index (χ2v) is 8.08. The number of nitrogens with one attached hydrogen (secondary N) is 2. The molecular formula is C18H17ClN4O3S. The second kappa shape index (κ2) is 7.81. The molecule has 7 nitrogen and oxygen atoms in total. The highest BCUT2D eigenvalue weighted by Crippen LogP contribution is 2.26. The van der Waals surface area contributed by atoms with Crippen LogP contribution < -0.4 is 10.0 Å². The minimum atomic E-state index is -3.43. The van der Waals surface area contributed by atoms with Crippen LogP contribution in [0.25, 0.3) is 0 Å². The van der Waals surface area contributed by atoms with Crippen molar-refractivity contribution in [2.45, 2.75) is 6.54 Å². The number of nitrogens with zero attached hydrogens (tertiary/aromatic N) is 2. The molecule has 0 aliphatic heterocycles. The monoisotopic (exact) mass is 404 g/mol. The van der Waals surface area contributed by atoms with Gasteiger partial charge in [0.2, 0.25) is 10.0 Å². The fourth-order valence-electron chi connectivity index (χ4n) is 2.42. The van der Waals surface area contributed by atoms with E-state index in [-0.39, 0.29) is 16.6 Å². The van der Waals surface area contributed by atoms with Crippen molar-refractivity contribution >= 4 is 38.9 Å². The summed E-state index contributed by atoms with van der Waals surface area (Å²) in [6.45, 7) is 0.624. The number of carbonyl (C=O) groups is 1. The molecule has 0 fully saturated rings. The van der Waals surface area contributed by atoms with E-state index >= 15 is 0 Å². The third-order valence-electron chi connectivity index (χ3n) is 3.64. The quantitative estimate of drug-likeness (QED) is 0.659. The molecule has 0 saturated heterocycles. The molecule has 1 amide bonds. The summed E-state index contributed by atoms with van der Waals surface area (Å²) in [6, 6.07) is 13.6. The molecule has 3 rings (SSSR count). The first-order valence-corrected chi connectivity index (χ1v) is 10.2. The standard InChI is InChI=1S/C18H17ClN4O3S/c1-27(25,26)22-17-8-7-15(11-16(17)19)21-18(24)14-5-3-13(4-6-14)12-23-10-2-9-20-23/h2-11,22H,12H2,1H3,(H,21,24). The van der Waals surface area contributed by atoms with Crippen LogP contribution in [-0.4, -0.2) is 30.4 Å². The second-order valence-electron chi connectivity index (χ2n) is 5.92. The van der Waals surface area contributed by atoms with Crippen LogP contribution in [0.2, 0.25) is 5.02 Å². The van der Waals surface area contributed by atoms with Gasteiger partial charge < -0.3 is 5.32 Å². The number of aromatic nitrogens is 2. The van der Waals surface area contributed by atoms with Crippen molar-refractivity contribution in [3.05, 3.63) is 77.1 Å². The van der Waals surface area contributed by atoms with Crippen molar-refractivity contribution in [2.24, 2.45) is 0 Å². The summed E-state index contributed by atoms with van der Waals surface area (Å²) in [6.07, 6.45) is 4.62. The molecule has 0 atom stereocenters. The van der Waals surface area contributed by atoms with E-state index < -0.39 is 10.0 Å². The van der Waals surface area contributed by atoms with Crippen LogP contribution in [0.5, 0.6) is 0 Å². The van der Waals surface area contributed by atoms with Gasteiger partial charge in [-0.3, -0.25) is 14.2 Å². The molecule has 0 bridgehead atoms. The first kappa shape index (κ1) is 18.9. The molecule has 2 N–H and O–H groups in total. The molecule has 0 saturated carbocycles. The molecule has 0 radical (unpaired) electrons. The van der Waals surface area contributed by atoms with E-state index in [2.05, 4.69) is 15.1 Å². The maximum Gasteiger partial charge on any atom is 0.255 e. The minimum absolute atomic E-state index is 0.188. The fourth-order valence-corrected chi connectivity index (χ4v) is 3.28. The molecule has 140 valence electrons. The predicted molar refractivity (Wildman–Crippen MR) is 106 cm³/mol. The SMILES string of the molecule is CS(=O)(=O)Nc1ccc(NC(=O)c2ccc(Cn3cccn3)cc2)cc1Cl. The van der Waals surface area contributed by atoms with Gasteiger partial charge >= 0.3 is 0 Å². The van der Waals surface area contributed by atoms with E-state index in [0.29, 0.717) is 17.8 Å². The van der Waals surface area contributed by atoms with Crippen LogP contribution in [0.15, 0.2) is 60.9 Å². The van der Waals surface area contributed by atoms with Crippen molar-refractivity contribution in [3.63, 3.8) is 0 Å². The number of benzene rings is 2. The van der Waals surface area contributed by atoms with Crippen molar-refractivity contribution in [1.29, 1.82) is 0 Å². The van der Waals surface area contributed by atoms with Gasteiger partial charge in [0.05, 0.1) is 23.5 Å². The minimum Gasteiger partial charge on any atom is -0.322 e. The van der Waals surface area contributed by atoms with E-state index in [4.69, 9.17) is 11.6 Å². The zero-order valence-corrected chi connectivity index (χ0v) is 16.0. The Hall–Kier alpha value is -2.84. The lowest BCUT2D eigenvalue weighted by Gasteiger charge is -2.10. The molecule has 0 aliphatic rings. The lowest BCUT2D eigenvalue weighted by Crippen LogP contribution is -2.13. The van der Waals surface area contributed by atoms with E-state index in [1.807, 2.05) is 24.4 Å². The summed E-state index contributed by atoms with van der Waals surface area (Å²) in [5.74, 6) is -0.291. The molecule has 1 aromatic heterocycles. The Morgan fingerprint density at radius 2 is 1.93 bits per heavy atom. The topological polar surface area (TPSA) is 93.1 Å². The van der Waals surface area contributed by atoms with Crippen molar-refractivity contribution in [2.75, 3.05) is 16.3 Å². The van der Waals surface area contributed by atoms with Gasteiger partial charge in [-0.1, -0.05) is 23.7 Å². The van der Waals surface area contributed by atoms with Gasteiger partial charge in [0.1, 0.15) is 0 Å². The molecule has 0 unspecified atom stereocenters. The van der Waals surface area contributed by atoms with Crippen LogP contribution in [0.4, 0.5) is 11.4 Å². The van der Waals surface area contributed by atoms with Crippen LogP contribution in [0.3, 0.4) is 0 Å². The van der Waals surface area contributed by atoms with E-state index in [0.717, 1.165) is 11.8 Å². The van der Waals surface area contributed by atoms with Crippen molar-refractivity contribution in [3.8, 4) is 0 Å². The highest BCUT2D eigenvalue weighted by Gasteiger charge is 2.10. The third kappa shape index (κ3) is 5.32. The van der Waals surface area contributed by atoms with Crippen LogP contribution in [0.1, 0.15) is 15.9 Å². The smallest absolute Gasteiger partial charge is 0.255 e. The molecule has 2 aromatic carbocycles. The Bertz CT molecular complexity index is 1050. The molecule has 1 heterocycles. The molecule has 9 heteroatoms. The number of carbonyl (C=O) groups excluding carboxylic acids is 1. The molecule has 0 spiro atoms. The molecule has 0 aliphatic carbocycles. The highest BCUT2D eigenvalue weighted by molar-refractivity contribution is 7.92. The predicted octanol–water partition coefficient (Wildman–Crippen LogP) is 3.21. The number of rotatable bonds is 6. The number of hydrogen-bond donors (Lipinski definition) is 2. The number of halogens is 1. The van der Waals surface area contributed by atoms with Crippen molar-refractivity contribution in [1.82, 2.24) is 9.78 Å². The Kier molecular flexibility index (Phi) is 5.48. The van der Waals surface area contributed by atoms with Gasteiger partial charge in [-0.2, -0.15) is 5.10 Å². The van der Waals surface area contributed by atoms with E-state index in [1.54, 1.807) is 29.1 Å². The van der Waals surface area contributed by atoms with Crippen molar-refractivity contribution < 1.29 is 13.2 Å². The Labute approximate surface area is 162 Å². The van der Waals surface area contributed by atoms with E-state index in [9.17, 15) is 13.2 Å². The zero-order valence-electron chi connectivity index (χ0n) is 14.4. The number of amides is 1. The summed E-state index contributed by atoms with van der Waals surface area (Å²) in [5, 5.41) is 7.07. The Balaban J connectivity index is 1.67. The normalized spacial score (nSPS) is 11.2.